The quantitative estimate of drug-likeness (QED) is 0.516. The molecule has 0 aliphatic rings. The van der Waals surface area contributed by atoms with E-state index in [1.54, 1.807) is 19.5 Å². The summed E-state index contributed by atoms with van der Waals surface area (Å²) in [4.78, 5) is 21.2. The minimum atomic E-state index is 0.241. The van der Waals surface area contributed by atoms with Crippen LogP contribution in [0.2, 0.25) is 0 Å². The largest absolute Gasteiger partial charge is 0.480 e. The maximum atomic E-state index is 5.48. The molecule has 148 valence electrons. The predicted molar refractivity (Wildman–Crippen MR) is 114 cm³/mol. The van der Waals surface area contributed by atoms with Gasteiger partial charge < -0.3 is 15.0 Å². The van der Waals surface area contributed by atoms with Gasteiger partial charge in [0.25, 0.3) is 0 Å². The number of anilines is 1. The van der Waals surface area contributed by atoms with E-state index in [1.807, 2.05) is 39.1 Å². The first-order valence-electron chi connectivity index (χ1n) is 9.60. The van der Waals surface area contributed by atoms with E-state index in [0.29, 0.717) is 11.8 Å². The molecule has 0 aliphatic carbocycles. The van der Waals surface area contributed by atoms with Gasteiger partial charge in [0.15, 0.2) is 0 Å². The van der Waals surface area contributed by atoms with Crippen molar-refractivity contribution in [1.82, 2.24) is 24.9 Å². The lowest BCUT2D eigenvalue weighted by atomic mass is 10.0. The SMILES string of the molecule is COc1nc(NC(C)C)ncc1-c1ccc(Cc2c[nH]c3ncccc23)c(C)n1. The summed E-state index contributed by atoms with van der Waals surface area (Å²) >= 11 is 0. The fourth-order valence-electron chi connectivity index (χ4n) is 3.32. The third kappa shape index (κ3) is 3.89. The van der Waals surface area contributed by atoms with Crippen molar-refractivity contribution in [1.29, 1.82) is 0 Å². The molecule has 2 N–H and O–H groups in total. The molecule has 0 saturated heterocycles. The van der Waals surface area contributed by atoms with E-state index in [9.17, 15) is 0 Å². The number of pyridine rings is 2. The molecule has 0 unspecified atom stereocenters. The fraction of sp³-hybridized carbons (Fsp3) is 0.273. The second kappa shape index (κ2) is 7.87. The lowest BCUT2D eigenvalue weighted by Gasteiger charge is -2.13. The van der Waals surface area contributed by atoms with Crippen LogP contribution in [0.3, 0.4) is 0 Å². The fourth-order valence-corrected chi connectivity index (χ4v) is 3.32. The number of fused-ring (bicyclic) bond motifs is 1. The maximum Gasteiger partial charge on any atom is 0.227 e. The standard InChI is InChI=1S/C22H24N6O/c1-13(2)26-22-25-12-18(21(28-22)29-4)19-8-7-15(14(3)27-19)10-16-11-24-20-17(16)6-5-9-23-20/h5-9,11-13H,10H2,1-4H3,(H,23,24)(H,25,26,28). The first kappa shape index (κ1) is 18.9. The molecule has 7 nitrogen and oxygen atoms in total. The monoisotopic (exact) mass is 388 g/mol. The summed E-state index contributed by atoms with van der Waals surface area (Å²) in [5.41, 5.74) is 5.80. The van der Waals surface area contributed by atoms with E-state index in [0.717, 1.165) is 40.0 Å². The summed E-state index contributed by atoms with van der Waals surface area (Å²) in [5, 5.41) is 4.33. The van der Waals surface area contributed by atoms with Gasteiger partial charge in [0, 0.05) is 42.1 Å². The number of aryl methyl sites for hydroxylation is 1. The Morgan fingerprint density at radius 1 is 1.10 bits per heavy atom. The van der Waals surface area contributed by atoms with Crippen LogP contribution in [0.5, 0.6) is 5.88 Å². The molecule has 29 heavy (non-hydrogen) atoms. The molecular formula is C22H24N6O. The molecule has 0 fully saturated rings. The average Bonchev–Trinajstić information content (AvgIpc) is 3.12. The number of H-pyrrole nitrogens is 1. The van der Waals surface area contributed by atoms with E-state index in [-0.39, 0.29) is 6.04 Å². The van der Waals surface area contributed by atoms with Crippen LogP contribution >= 0.6 is 0 Å². The summed E-state index contributed by atoms with van der Waals surface area (Å²) in [6.45, 7) is 6.10. The van der Waals surface area contributed by atoms with E-state index < -0.39 is 0 Å². The van der Waals surface area contributed by atoms with Gasteiger partial charge in [-0.2, -0.15) is 4.98 Å². The van der Waals surface area contributed by atoms with E-state index in [2.05, 4.69) is 37.4 Å². The first-order chi connectivity index (χ1) is 14.0. The Labute approximate surface area is 169 Å². The zero-order valence-electron chi connectivity index (χ0n) is 17.0. The topological polar surface area (TPSA) is 88.6 Å². The predicted octanol–water partition coefficient (Wildman–Crippen LogP) is 4.14. The molecule has 4 heterocycles. The van der Waals surface area contributed by atoms with Crippen LogP contribution in [0, 0.1) is 6.92 Å². The van der Waals surface area contributed by atoms with Crippen molar-refractivity contribution in [3.05, 3.63) is 59.7 Å². The van der Waals surface area contributed by atoms with Gasteiger partial charge in [0.2, 0.25) is 11.8 Å². The lowest BCUT2D eigenvalue weighted by molar-refractivity contribution is 0.399. The minimum Gasteiger partial charge on any atom is -0.480 e. The number of rotatable bonds is 6. The molecular weight excluding hydrogens is 364 g/mol. The zero-order chi connectivity index (χ0) is 20.4. The number of ether oxygens (including phenoxy) is 1. The van der Waals surface area contributed by atoms with Crippen molar-refractivity contribution >= 4 is 17.0 Å². The van der Waals surface area contributed by atoms with Crippen LogP contribution < -0.4 is 10.1 Å². The van der Waals surface area contributed by atoms with Gasteiger partial charge >= 0.3 is 0 Å². The third-order valence-corrected chi connectivity index (χ3v) is 4.75. The molecule has 7 heteroatoms. The number of nitrogens with one attached hydrogen (secondary N) is 2. The third-order valence-electron chi connectivity index (χ3n) is 4.75. The van der Waals surface area contributed by atoms with Crippen molar-refractivity contribution in [3.8, 4) is 17.1 Å². The molecule has 0 aliphatic heterocycles. The molecule has 0 atom stereocenters. The number of aromatic amines is 1. The second-order valence-corrected chi connectivity index (χ2v) is 7.25. The van der Waals surface area contributed by atoms with Gasteiger partial charge in [-0.1, -0.05) is 6.07 Å². The summed E-state index contributed by atoms with van der Waals surface area (Å²) < 4.78 is 5.48. The van der Waals surface area contributed by atoms with Crippen LogP contribution in [-0.2, 0) is 6.42 Å². The number of aromatic nitrogens is 5. The highest BCUT2D eigenvalue weighted by Gasteiger charge is 2.14. The van der Waals surface area contributed by atoms with Crippen LogP contribution in [0.25, 0.3) is 22.3 Å². The highest BCUT2D eigenvalue weighted by molar-refractivity contribution is 5.80. The molecule has 0 saturated carbocycles. The van der Waals surface area contributed by atoms with Gasteiger partial charge in [0.05, 0.1) is 18.4 Å². The Morgan fingerprint density at radius 2 is 1.97 bits per heavy atom. The molecule has 0 aromatic carbocycles. The van der Waals surface area contributed by atoms with Crippen LogP contribution in [0.4, 0.5) is 5.95 Å². The van der Waals surface area contributed by atoms with Crippen molar-refractivity contribution in [2.45, 2.75) is 33.2 Å². The van der Waals surface area contributed by atoms with Crippen molar-refractivity contribution in [2.75, 3.05) is 12.4 Å². The molecule has 0 spiro atoms. The lowest BCUT2D eigenvalue weighted by Crippen LogP contribution is -2.13. The minimum absolute atomic E-state index is 0.241. The van der Waals surface area contributed by atoms with Crippen molar-refractivity contribution in [2.24, 2.45) is 0 Å². The summed E-state index contributed by atoms with van der Waals surface area (Å²) in [6, 6.07) is 8.38. The molecule has 4 aromatic rings. The van der Waals surface area contributed by atoms with Gasteiger partial charge in [-0.3, -0.25) is 4.98 Å². The van der Waals surface area contributed by atoms with E-state index in [1.165, 1.54) is 5.56 Å². The highest BCUT2D eigenvalue weighted by Crippen LogP contribution is 2.29. The van der Waals surface area contributed by atoms with Crippen LogP contribution in [0.15, 0.2) is 42.9 Å². The number of methoxy groups -OCH3 is 1. The first-order valence-corrected chi connectivity index (χ1v) is 9.60. The molecule has 0 radical (unpaired) electrons. The Morgan fingerprint density at radius 3 is 2.72 bits per heavy atom. The number of nitrogens with zero attached hydrogens (tertiary/aromatic N) is 4. The average molecular weight is 388 g/mol. The van der Waals surface area contributed by atoms with Crippen molar-refractivity contribution < 1.29 is 4.74 Å². The van der Waals surface area contributed by atoms with Gasteiger partial charge in [0.1, 0.15) is 5.65 Å². The normalized spacial score (nSPS) is 11.2. The summed E-state index contributed by atoms with van der Waals surface area (Å²) in [7, 11) is 1.61. The summed E-state index contributed by atoms with van der Waals surface area (Å²) in [6.07, 6.45) is 6.35. The van der Waals surface area contributed by atoms with Crippen LogP contribution in [-0.4, -0.2) is 38.1 Å². The zero-order valence-corrected chi connectivity index (χ0v) is 17.0. The molecule has 0 amide bonds. The Hall–Kier alpha value is -3.48. The summed E-state index contributed by atoms with van der Waals surface area (Å²) in [5.74, 6) is 1.05. The Bertz CT molecular complexity index is 1150. The molecule has 4 rings (SSSR count). The molecule has 4 aromatic heterocycles. The van der Waals surface area contributed by atoms with Gasteiger partial charge in [-0.25, -0.2) is 9.97 Å². The van der Waals surface area contributed by atoms with Gasteiger partial charge in [-0.15, -0.1) is 0 Å². The molecule has 0 bridgehead atoms. The number of hydrogen-bond donors (Lipinski definition) is 2. The van der Waals surface area contributed by atoms with Crippen molar-refractivity contribution in [3.63, 3.8) is 0 Å². The smallest absolute Gasteiger partial charge is 0.227 e. The van der Waals surface area contributed by atoms with E-state index in [4.69, 9.17) is 9.72 Å². The number of hydrogen-bond acceptors (Lipinski definition) is 6. The Kier molecular flexibility index (Phi) is 5.12. The maximum absolute atomic E-state index is 5.48. The van der Waals surface area contributed by atoms with Crippen LogP contribution in [0.1, 0.15) is 30.7 Å². The second-order valence-electron chi connectivity index (χ2n) is 7.25. The van der Waals surface area contributed by atoms with E-state index >= 15 is 0 Å². The highest BCUT2D eigenvalue weighted by atomic mass is 16.5. The Balaban J connectivity index is 1.63. The van der Waals surface area contributed by atoms with Gasteiger partial charge in [-0.05, 0) is 50.1 Å².